The van der Waals surface area contributed by atoms with Crippen LogP contribution in [0.5, 0.6) is 0 Å². The maximum atomic E-state index is 4.62. The molecule has 1 heterocycles. The quantitative estimate of drug-likeness (QED) is 0.652. The number of guanidine groups is 1. The minimum Gasteiger partial charge on any atom is -0.357 e. The molecule has 6 heteroatoms. The van der Waals surface area contributed by atoms with Crippen LogP contribution in [0.2, 0.25) is 0 Å². The average molecular weight is 312 g/mol. The lowest BCUT2D eigenvalue weighted by molar-refractivity contribution is 0.696. The van der Waals surface area contributed by atoms with E-state index in [0.717, 1.165) is 24.7 Å². The van der Waals surface area contributed by atoms with Crippen LogP contribution < -0.4 is 10.6 Å². The van der Waals surface area contributed by atoms with Gasteiger partial charge >= 0.3 is 0 Å². The van der Waals surface area contributed by atoms with Gasteiger partial charge in [0.2, 0.25) is 0 Å². The van der Waals surface area contributed by atoms with Gasteiger partial charge in [-0.05, 0) is 31.4 Å². The number of nitrogens with zero attached hydrogens (tertiary/aromatic N) is 4. The van der Waals surface area contributed by atoms with Crippen molar-refractivity contribution in [3.63, 3.8) is 0 Å². The molecule has 3 rings (SSSR count). The molecule has 0 amide bonds. The topological polar surface area (TPSA) is 67.1 Å². The molecule has 6 nitrogen and oxygen atoms in total. The maximum Gasteiger partial charge on any atom is 0.191 e. The zero-order valence-electron chi connectivity index (χ0n) is 14.0. The summed E-state index contributed by atoms with van der Waals surface area (Å²) in [6.45, 7) is 5.61. The number of aromatic nitrogens is 3. The van der Waals surface area contributed by atoms with Crippen molar-refractivity contribution in [1.29, 1.82) is 0 Å². The van der Waals surface area contributed by atoms with Crippen LogP contribution in [0.3, 0.4) is 0 Å². The highest BCUT2D eigenvalue weighted by atomic mass is 15.3. The summed E-state index contributed by atoms with van der Waals surface area (Å²) < 4.78 is 1.75. The maximum absolute atomic E-state index is 4.62. The van der Waals surface area contributed by atoms with Gasteiger partial charge in [-0.15, -0.1) is 0 Å². The van der Waals surface area contributed by atoms with Crippen LogP contribution in [0, 0.1) is 6.92 Å². The molecular formula is C17H24N6. The lowest BCUT2D eigenvalue weighted by atomic mass is 10.0. The predicted molar refractivity (Wildman–Crippen MR) is 91.3 cm³/mol. The Balaban J connectivity index is 1.62. The molecule has 0 spiro atoms. The number of aryl methyl sites for hydroxylation is 2. The van der Waals surface area contributed by atoms with Crippen molar-refractivity contribution >= 4 is 5.96 Å². The van der Waals surface area contributed by atoms with Gasteiger partial charge in [0.25, 0.3) is 0 Å². The Hall–Kier alpha value is -2.37. The van der Waals surface area contributed by atoms with Crippen LogP contribution in [-0.4, -0.2) is 33.3 Å². The first kappa shape index (κ1) is 15.5. The minimum atomic E-state index is 0.452. The van der Waals surface area contributed by atoms with E-state index >= 15 is 0 Å². The van der Waals surface area contributed by atoms with E-state index in [1.807, 2.05) is 7.05 Å². The van der Waals surface area contributed by atoms with E-state index < -0.39 is 0 Å². The Kier molecular flexibility index (Phi) is 4.60. The number of benzene rings is 1. The van der Waals surface area contributed by atoms with Gasteiger partial charge in [-0.2, -0.15) is 5.10 Å². The van der Waals surface area contributed by atoms with Crippen LogP contribution in [0.1, 0.15) is 36.2 Å². The molecule has 1 aromatic heterocycles. The molecule has 2 atom stereocenters. The fourth-order valence-electron chi connectivity index (χ4n) is 2.81. The zero-order chi connectivity index (χ0) is 16.2. The minimum absolute atomic E-state index is 0.452. The zero-order valence-corrected chi connectivity index (χ0v) is 14.0. The van der Waals surface area contributed by atoms with Gasteiger partial charge in [0, 0.05) is 25.6 Å². The third-order valence-corrected chi connectivity index (χ3v) is 4.23. The second-order valence-electron chi connectivity index (χ2n) is 5.94. The molecule has 0 saturated heterocycles. The van der Waals surface area contributed by atoms with Crippen molar-refractivity contribution in [3.8, 4) is 0 Å². The summed E-state index contributed by atoms with van der Waals surface area (Å²) in [4.78, 5) is 8.82. The molecule has 0 bridgehead atoms. The molecule has 1 fully saturated rings. The highest BCUT2D eigenvalue weighted by Gasteiger charge is 2.39. The molecule has 2 unspecified atom stereocenters. The standard InChI is InChI=1S/C17H24N6/c1-4-18-17(19-10-16-20-11-21-23(16)3)22-15-9-14(15)13-8-6-5-7-12(13)2/h5-8,11,14-15H,4,9-10H2,1-3H3,(H2,18,19,22). The van der Waals surface area contributed by atoms with Crippen molar-refractivity contribution in [2.75, 3.05) is 6.54 Å². The van der Waals surface area contributed by atoms with E-state index in [1.165, 1.54) is 11.1 Å². The van der Waals surface area contributed by atoms with Crippen molar-refractivity contribution < 1.29 is 0 Å². The number of nitrogens with one attached hydrogen (secondary N) is 2. The normalized spacial score (nSPS) is 20.4. The van der Waals surface area contributed by atoms with Gasteiger partial charge in [0.05, 0.1) is 0 Å². The van der Waals surface area contributed by atoms with Gasteiger partial charge in [-0.1, -0.05) is 24.3 Å². The SMILES string of the molecule is CCNC(=NCc1ncnn1C)NC1CC1c1ccccc1C. The molecule has 1 saturated carbocycles. The monoisotopic (exact) mass is 312 g/mol. The van der Waals surface area contributed by atoms with Gasteiger partial charge in [-0.3, -0.25) is 4.68 Å². The van der Waals surface area contributed by atoms with E-state index in [-0.39, 0.29) is 0 Å². The second kappa shape index (κ2) is 6.81. The van der Waals surface area contributed by atoms with E-state index in [1.54, 1.807) is 11.0 Å². The van der Waals surface area contributed by atoms with Gasteiger partial charge in [0.1, 0.15) is 18.7 Å². The molecule has 122 valence electrons. The van der Waals surface area contributed by atoms with E-state index in [4.69, 9.17) is 0 Å². The predicted octanol–water partition coefficient (Wildman–Crippen LogP) is 1.73. The summed E-state index contributed by atoms with van der Waals surface area (Å²) in [5.41, 5.74) is 2.80. The number of hydrogen-bond acceptors (Lipinski definition) is 3. The first-order chi connectivity index (χ1) is 11.2. The average Bonchev–Trinajstić information content (AvgIpc) is 3.17. The third kappa shape index (κ3) is 3.70. The largest absolute Gasteiger partial charge is 0.357 e. The second-order valence-corrected chi connectivity index (χ2v) is 5.94. The first-order valence-corrected chi connectivity index (χ1v) is 8.12. The molecule has 2 N–H and O–H groups in total. The Bertz CT molecular complexity index is 690. The molecule has 1 aliphatic rings. The Labute approximate surface area is 137 Å². The van der Waals surface area contributed by atoms with Crippen LogP contribution in [0.25, 0.3) is 0 Å². The summed E-state index contributed by atoms with van der Waals surface area (Å²) in [7, 11) is 1.88. The van der Waals surface area contributed by atoms with Gasteiger partial charge in [0.15, 0.2) is 5.96 Å². The fourth-order valence-corrected chi connectivity index (χ4v) is 2.81. The van der Waals surface area contributed by atoms with Crippen LogP contribution in [0.15, 0.2) is 35.6 Å². The third-order valence-electron chi connectivity index (χ3n) is 4.23. The summed E-state index contributed by atoms with van der Waals surface area (Å²) >= 11 is 0. The molecule has 0 aliphatic heterocycles. The summed E-state index contributed by atoms with van der Waals surface area (Å²) in [6, 6.07) is 9.07. The van der Waals surface area contributed by atoms with Crippen molar-refractivity contribution in [2.24, 2.45) is 12.0 Å². The lowest BCUT2D eigenvalue weighted by Crippen LogP contribution is -2.39. The van der Waals surface area contributed by atoms with Crippen molar-refractivity contribution in [1.82, 2.24) is 25.4 Å². The summed E-state index contributed by atoms with van der Waals surface area (Å²) in [5, 5.41) is 10.9. The van der Waals surface area contributed by atoms with Crippen molar-refractivity contribution in [2.45, 2.75) is 38.8 Å². The number of aliphatic imine (C=N–C) groups is 1. The Morgan fingerprint density at radius 3 is 2.91 bits per heavy atom. The van der Waals surface area contributed by atoms with Crippen molar-refractivity contribution in [3.05, 3.63) is 47.5 Å². The number of hydrogen-bond donors (Lipinski definition) is 2. The van der Waals surface area contributed by atoms with Crippen LogP contribution in [-0.2, 0) is 13.6 Å². The Morgan fingerprint density at radius 2 is 2.22 bits per heavy atom. The van der Waals surface area contributed by atoms with E-state index in [2.05, 4.69) is 63.8 Å². The highest BCUT2D eigenvalue weighted by molar-refractivity contribution is 5.80. The molecule has 1 aliphatic carbocycles. The van der Waals surface area contributed by atoms with Gasteiger partial charge in [-0.25, -0.2) is 9.98 Å². The molecule has 23 heavy (non-hydrogen) atoms. The fraction of sp³-hybridized carbons (Fsp3) is 0.471. The Morgan fingerprint density at radius 1 is 1.39 bits per heavy atom. The van der Waals surface area contributed by atoms with Crippen LogP contribution in [0.4, 0.5) is 0 Å². The van der Waals surface area contributed by atoms with Gasteiger partial charge < -0.3 is 10.6 Å². The molecular weight excluding hydrogens is 288 g/mol. The molecule has 1 aromatic carbocycles. The first-order valence-electron chi connectivity index (χ1n) is 8.12. The number of rotatable bonds is 5. The molecule has 0 radical (unpaired) electrons. The lowest BCUT2D eigenvalue weighted by Gasteiger charge is -2.12. The summed E-state index contributed by atoms with van der Waals surface area (Å²) in [6.07, 6.45) is 2.71. The van der Waals surface area contributed by atoms with E-state index in [0.29, 0.717) is 18.5 Å². The van der Waals surface area contributed by atoms with Crippen LogP contribution >= 0.6 is 0 Å². The molecule has 2 aromatic rings. The van der Waals surface area contributed by atoms with E-state index in [9.17, 15) is 0 Å². The smallest absolute Gasteiger partial charge is 0.191 e. The summed E-state index contributed by atoms with van der Waals surface area (Å²) in [5.74, 6) is 2.28. The highest BCUT2D eigenvalue weighted by Crippen LogP contribution is 2.41.